The minimum absolute atomic E-state index is 0.0250. The minimum atomic E-state index is -0.254. The number of methoxy groups -OCH3 is 1. The summed E-state index contributed by atoms with van der Waals surface area (Å²) in [7, 11) is 1.55. The van der Waals surface area contributed by atoms with E-state index in [0.29, 0.717) is 17.0 Å². The highest BCUT2D eigenvalue weighted by Gasteiger charge is 2.15. The van der Waals surface area contributed by atoms with Crippen molar-refractivity contribution in [1.29, 1.82) is 0 Å². The van der Waals surface area contributed by atoms with Crippen molar-refractivity contribution >= 4 is 11.5 Å². The molecule has 3 N–H and O–H groups in total. The number of hydrogen-bond donors (Lipinski definition) is 2. The van der Waals surface area contributed by atoms with E-state index in [-0.39, 0.29) is 11.8 Å². The smallest absolute Gasteiger partial charge is 0.179 e. The van der Waals surface area contributed by atoms with Crippen LogP contribution in [0.15, 0.2) is 36.9 Å². The molecule has 6 heteroatoms. The number of carbonyl (C=O) groups excluding carboxylic acids is 1. The first kappa shape index (κ1) is 16.0. The molecular formula is C16H22N4O2. The van der Waals surface area contributed by atoms with Crippen molar-refractivity contribution in [2.24, 2.45) is 0 Å². The van der Waals surface area contributed by atoms with E-state index >= 15 is 0 Å². The summed E-state index contributed by atoms with van der Waals surface area (Å²) >= 11 is 0. The third-order valence-corrected chi connectivity index (χ3v) is 3.51. The summed E-state index contributed by atoms with van der Waals surface area (Å²) in [5.41, 5.74) is 6.90. The Kier molecular flexibility index (Phi) is 5.55. The van der Waals surface area contributed by atoms with Gasteiger partial charge in [-0.25, -0.2) is 4.98 Å². The van der Waals surface area contributed by atoms with E-state index in [2.05, 4.69) is 10.3 Å². The van der Waals surface area contributed by atoms with Crippen LogP contribution in [0.1, 0.15) is 23.7 Å². The molecule has 0 bridgehead atoms. The first-order valence-electron chi connectivity index (χ1n) is 7.28. The lowest BCUT2D eigenvalue weighted by atomic mass is 10.0. The molecule has 2 rings (SSSR count). The molecule has 0 aliphatic rings. The third kappa shape index (κ3) is 4.08. The number of aryl methyl sites for hydroxylation is 1. The molecule has 1 aromatic heterocycles. The molecule has 0 aliphatic carbocycles. The summed E-state index contributed by atoms with van der Waals surface area (Å²) in [5.74, 6) is 0.606. The molecule has 0 saturated carbocycles. The number of nitrogens with two attached hydrogens (primary N) is 1. The first-order valence-corrected chi connectivity index (χ1v) is 7.28. The first-order chi connectivity index (χ1) is 10.6. The van der Waals surface area contributed by atoms with Crippen molar-refractivity contribution in [3.8, 4) is 5.75 Å². The molecule has 0 fully saturated rings. The maximum absolute atomic E-state index is 12.3. The van der Waals surface area contributed by atoms with Gasteiger partial charge in [-0.05, 0) is 38.1 Å². The summed E-state index contributed by atoms with van der Waals surface area (Å²) in [6, 6.07) is 4.86. The van der Waals surface area contributed by atoms with Gasteiger partial charge in [0, 0.05) is 24.5 Å². The number of aromatic nitrogens is 2. The fraction of sp³-hybridized carbons (Fsp3) is 0.375. The van der Waals surface area contributed by atoms with Gasteiger partial charge in [-0.1, -0.05) is 0 Å². The van der Waals surface area contributed by atoms with Gasteiger partial charge in [0.2, 0.25) is 0 Å². The number of benzene rings is 1. The molecule has 6 nitrogen and oxygen atoms in total. The number of carbonyl (C=O) groups is 1. The van der Waals surface area contributed by atoms with E-state index in [0.717, 1.165) is 19.5 Å². The highest BCUT2D eigenvalue weighted by Crippen LogP contribution is 2.22. The summed E-state index contributed by atoms with van der Waals surface area (Å²) in [6.07, 6.45) is 6.40. The molecule has 22 heavy (non-hydrogen) atoms. The lowest BCUT2D eigenvalue weighted by Crippen LogP contribution is -2.35. The van der Waals surface area contributed by atoms with Gasteiger partial charge in [0.15, 0.2) is 5.78 Å². The number of anilines is 1. The quantitative estimate of drug-likeness (QED) is 0.441. The Morgan fingerprint density at radius 3 is 2.95 bits per heavy atom. The van der Waals surface area contributed by atoms with Crippen LogP contribution in [0.5, 0.6) is 5.75 Å². The Balaban J connectivity index is 1.82. The van der Waals surface area contributed by atoms with Crippen molar-refractivity contribution in [2.75, 3.05) is 19.4 Å². The van der Waals surface area contributed by atoms with Crippen molar-refractivity contribution in [3.05, 3.63) is 42.5 Å². The molecule has 1 aromatic carbocycles. The number of Topliss-reactive ketones (excluding diaryl/α,β-unsaturated/α-hetero) is 1. The van der Waals surface area contributed by atoms with Gasteiger partial charge in [-0.2, -0.15) is 0 Å². The predicted octanol–water partition coefficient (Wildman–Crippen LogP) is 1.72. The van der Waals surface area contributed by atoms with Crippen molar-refractivity contribution < 1.29 is 9.53 Å². The zero-order valence-corrected chi connectivity index (χ0v) is 13.0. The fourth-order valence-corrected chi connectivity index (χ4v) is 2.23. The number of rotatable bonds is 8. The number of ether oxygens (including phenoxy) is 1. The number of nitrogen functional groups attached to an aromatic ring is 1. The van der Waals surface area contributed by atoms with E-state index in [1.807, 2.05) is 17.7 Å². The zero-order valence-electron chi connectivity index (χ0n) is 13.0. The maximum atomic E-state index is 12.3. The molecule has 0 spiro atoms. The molecule has 0 amide bonds. The Labute approximate surface area is 130 Å². The number of nitrogens with one attached hydrogen (secondary N) is 1. The molecule has 118 valence electrons. The van der Waals surface area contributed by atoms with E-state index in [9.17, 15) is 4.79 Å². The SMILES string of the molecule is COc1ccc(C(=O)C(C)NCCCn2ccnc2)cc1N. The van der Waals surface area contributed by atoms with Gasteiger partial charge in [0.05, 0.1) is 25.2 Å². The van der Waals surface area contributed by atoms with Gasteiger partial charge in [-0.3, -0.25) is 4.79 Å². The van der Waals surface area contributed by atoms with Gasteiger partial charge in [0.25, 0.3) is 0 Å². The number of hydrogen-bond acceptors (Lipinski definition) is 5. The van der Waals surface area contributed by atoms with Crippen LogP contribution in [0.4, 0.5) is 5.69 Å². The highest BCUT2D eigenvalue weighted by atomic mass is 16.5. The third-order valence-electron chi connectivity index (χ3n) is 3.51. The standard InChI is InChI=1S/C16H22N4O2/c1-12(19-6-3-8-20-9-7-18-11-20)16(21)13-4-5-15(22-2)14(17)10-13/h4-5,7,9-12,19H,3,6,8,17H2,1-2H3. The maximum Gasteiger partial charge on any atom is 0.179 e. The Hall–Kier alpha value is -2.34. The predicted molar refractivity (Wildman–Crippen MR) is 86.0 cm³/mol. The summed E-state index contributed by atoms with van der Waals surface area (Å²) in [4.78, 5) is 16.3. The minimum Gasteiger partial charge on any atom is -0.495 e. The Morgan fingerprint density at radius 1 is 1.50 bits per heavy atom. The van der Waals surface area contributed by atoms with Crippen LogP contribution in [0.3, 0.4) is 0 Å². The average molecular weight is 302 g/mol. The zero-order chi connectivity index (χ0) is 15.9. The Bertz CT molecular complexity index is 611. The second-order valence-electron chi connectivity index (χ2n) is 5.15. The van der Waals surface area contributed by atoms with Crippen LogP contribution in [0.2, 0.25) is 0 Å². The van der Waals surface area contributed by atoms with E-state index in [1.54, 1.807) is 37.8 Å². The summed E-state index contributed by atoms with van der Waals surface area (Å²) < 4.78 is 7.11. The molecule has 0 aliphatic heterocycles. The van der Waals surface area contributed by atoms with Crippen molar-refractivity contribution in [1.82, 2.24) is 14.9 Å². The number of imidazole rings is 1. The molecule has 1 atom stereocenters. The summed E-state index contributed by atoms with van der Waals surface area (Å²) in [6.45, 7) is 3.50. The van der Waals surface area contributed by atoms with Crippen LogP contribution in [-0.2, 0) is 6.54 Å². The molecule has 0 radical (unpaired) electrons. The second-order valence-corrected chi connectivity index (χ2v) is 5.15. The largest absolute Gasteiger partial charge is 0.495 e. The molecule has 1 heterocycles. The monoisotopic (exact) mass is 302 g/mol. The van der Waals surface area contributed by atoms with E-state index < -0.39 is 0 Å². The number of ketones is 1. The lowest BCUT2D eigenvalue weighted by Gasteiger charge is -2.14. The Morgan fingerprint density at radius 2 is 2.32 bits per heavy atom. The second kappa shape index (κ2) is 7.61. The van der Waals surface area contributed by atoms with Crippen molar-refractivity contribution in [3.63, 3.8) is 0 Å². The number of nitrogens with zero attached hydrogens (tertiary/aromatic N) is 2. The molecule has 2 aromatic rings. The van der Waals surface area contributed by atoms with Crippen LogP contribution in [0.25, 0.3) is 0 Å². The van der Waals surface area contributed by atoms with Gasteiger partial charge in [-0.15, -0.1) is 0 Å². The van der Waals surface area contributed by atoms with Crippen LogP contribution in [0, 0.1) is 0 Å². The molecule has 0 saturated heterocycles. The highest BCUT2D eigenvalue weighted by molar-refractivity contribution is 6.00. The van der Waals surface area contributed by atoms with Crippen LogP contribution >= 0.6 is 0 Å². The van der Waals surface area contributed by atoms with Gasteiger partial charge < -0.3 is 20.4 Å². The van der Waals surface area contributed by atoms with Crippen molar-refractivity contribution in [2.45, 2.75) is 25.9 Å². The van der Waals surface area contributed by atoms with Gasteiger partial charge in [0.1, 0.15) is 5.75 Å². The summed E-state index contributed by atoms with van der Waals surface area (Å²) in [5, 5.41) is 3.24. The van der Waals surface area contributed by atoms with Crippen LogP contribution in [-0.4, -0.2) is 35.0 Å². The lowest BCUT2D eigenvalue weighted by molar-refractivity contribution is 0.0951. The molecule has 1 unspecified atom stereocenters. The van der Waals surface area contributed by atoms with Crippen LogP contribution < -0.4 is 15.8 Å². The van der Waals surface area contributed by atoms with Gasteiger partial charge >= 0.3 is 0 Å². The normalized spacial score (nSPS) is 12.1. The average Bonchev–Trinajstić information content (AvgIpc) is 3.03. The molecular weight excluding hydrogens is 280 g/mol. The topological polar surface area (TPSA) is 82.2 Å². The fourth-order valence-electron chi connectivity index (χ4n) is 2.23. The van der Waals surface area contributed by atoms with E-state index in [4.69, 9.17) is 10.5 Å². The van der Waals surface area contributed by atoms with E-state index in [1.165, 1.54) is 0 Å².